The summed E-state index contributed by atoms with van der Waals surface area (Å²) in [7, 11) is 0. The van der Waals surface area contributed by atoms with Crippen LogP contribution >= 0.6 is 0 Å². The smallest absolute Gasteiger partial charge is 0.407 e. The van der Waals surface area contributed by atoms with E-state index < -0.39 is 17.5 Å². The predicted molar refractivity (Wildman–Crippen MR) is 77.4 cm³/mol. The summed E-state index contributed by atoms with van der Waals surface area (Å²) in [6.07, 6.45) is 0.754. The summed E-state index contributed by atoms with van der Waals surface area (Å²) in [6, 6.07) is 0.100. The van der Waals surface area contributed by atoms with Gasteiger partial charge < -0.3 is 14.6 Å². The Morgan fingerprint density at radius 1 is 1.42 bits per heavy atom. The largest absolute Gasteiger partial charge is 0.598 e. The van der Waals surface area contributed by atoms with E-state index in [-0.39, 0.29) is 16.2 Å². The summed E-state index contributed by atoms with van der Waals surface area (Å²) in [5.74, 6) is 0. The lowest BCUT2D eigenvalue weighted by Gasteiger charge is -2.42. The Morgan fingerprint density at radius 2 is 1.89 bits per heavy atom. The second kappa shape index (κ2) is 5.89. The molecule has 2 atom stereocenters. The molecule has 19 heavy (non-hydrogen) atoms. The van der Waals surface area contributed by atoms with Gasteiger partial charge in [-0.3, -0.25) is 0 Å². The van der Waals surface area contributed by atoms with Crippen molar-refractivity contribution in [3.05, 3.63) is 0 Å². The van der Waals surface area contributed by atoms with Crippen LogP contribution in [0.2, 0.25) is 0 Å². The summed E-state index contributed by atoms with van der Waals surface area (Å²) >= 11 is -1.09. The number of piperidine rings is 1. The molecule has 6 heteroatoms. The molecular weight excluding hydrogens is 264 g/mol. The molecule has 5 nitrogen and oxygen atoms in total. The van der Waals surface area contributed by atoms with Crippen molar-refractivity contribution in [2.45, 2.75) is 58.2 Å². The number of carboxylic acid groups (broad SMARTS) is 1. The van der Waals surface area contributed by atoms with Crippen molar-refractivity contribution in [2.75, 3.05) is 13.1 Å². The molecule has 1 aliphatic rings. The predicted octanol–water partition coefficient (Wildman–Crippen LogP) is 2.21. The number of hydrogen-bond donors (Lipinski definition) is 2. The molecule has 1 rings (SSSR count). The van der Waals surface area contributed by atoms with Crippen LogP contribution in [-0.4, -0.2) is 44.5 Å². The zero-order valence-corrected chi connectivity index (χ0v) is 13.3. The van der Waals surface area contributed by atoms with Crippen molar-refractivity contribution in [3.8, 4) is 0 Å². The molecule has 1 unspecified atom stereocenters. The van der Waals surface area contributed by atoms with E-state index in [4.69, 9.17) is 5.11 Å². The fourth-order valence-corrected chi connectivity index (χ4v) is 3.08. The second-order valence-corrected chi connectivity index (χ2v) is 8.64. The fourth-order valence-electron chi connectivity index (χ4n) is 2.12. The van der Waals surface area contributed by atoms with Crippen LogP contribution in [0.1, 0.15) is 47.5 Å². The first-order valence-electron chi connectivity index (χ1n) is 6.72. The Bertz CT molecular complexity index is 322. The third-order valence-corrected chi connectivity index (χ3v) is 5.74. The number of carbonyl (C=O) groups is 1. The fraction of sp³-hybridized carbons (Fsp3) is 0.923. The molecule has 1 heterocycles. The van der Waals surface area contributed by atoms with E-state index in [0.717, 1.165) is 12.8 Å². The topological polar surface area (TPSA) is 75.6 Å². The van der Waals surface area contributed by atoms with Crippen LogP contribution in [0.25, 0.3) is 0 Å². The van der Waals surface area contributed by atoms with Gasteiger partial charge in [-0.2, -0.15) is 0 Å². The maximum Gasteiger partial charge on any atom is 0.407 e. The van der Waals surface area contributed by atoms with Gasteiger partial charge in [0.15, 0.2) is 0 Å². The van der Waals surface area contributed by atoms with Crippen LogP contribution < -0.4 is 4.72 Å². The van der Waals surface area contributed by atoms with E-state index in [1.54, 1.807) is 0 Å². The third-order valence-electron chi connectivity index (χ3n) is 4.06. The number of amides is 1. The summed E-state index contributed by atoms with van der Waals surface area (Å²) in [5, 5.41) is 8.96. The molecule has 0 radical (unpaired) electrons. The van der Waals surface area contributed by atoms with Gasteiger partial charge in [0, 0.05) is 24.5 Å². The van der Waals surface area contributed by atoms with Gasteiger partial charge in [0.2, 0.25) is 0 Å². The van der Waals surface area contributed by atoms with E-state index in [2.05, 4.69) is 11.6 Å². The van der Waals surface area contributed by atoms with Crippen LogP contribution in [0.15, 0.2) is 0 Å². The molecular formula is C13H26N2O3S. The third kappa shape index (κ3) is 4.26. The highest BCUT2D eigenvalue weighted by Gasteiger charge is 2.40. The molecule has 1 aliphatic heterocycles. The first kappa shape index (κ1) is 16.6. The molecule has 0 bridgehead atoms. The molecule has 1 fully saturated rings. The van der Waals surface area contributed by atoms with E-state index >= 15 is 0 Å². The maximum absolute atomic E-state index is 12.1. The average Bonchev–Trinajstić information content (AvgIpc) is 2.28. The number of nitrogens with zero attached hydrogens (tertiary/aromatic N) is 1. The van der Waals surface area contributed by atoms with Crippen LogP contribution in [0.5, 0.6) is 0 Å². The van der Waals surface area contributed by atoms with Crippen molar-refractivity contribution in [1.29, 1.82) is 0 Å². The Morgan fingerprint density at radius 3 is 2.26 bits per heavy atom. The van der Waals surface area contributed by atoms with E-state index in [1.165, 1.54) is 4.90 Å². The van der Waals surface area contributed by atoms with Gasteiger partial charge in [-0.15, -0.1) is 4.72 Å². The molecule has 1 amide bonds. The highest BCUT2D eigenvalue weighted by Crippen LogP contribution is 2.35. The number of nitrogens with one attached hydrogen (secondary N) is 1. The molecule has 0 spiro atoms. The Hall–Kier alpha value is -0.460. The maximum atomic E-state index is 12.1. The minimum Gasteiger partial charge on any atom is -0.598 e. The van der Waals surface area contributed by atoms with Crippen molar-refractivity contribution < 1.29 is 14.5 Å². The van der Waals surface area contributed by atoms with Crippen LogP contribution in [-0.2, 0) is 11.4 Å². The Kier molecular flexibility index (Phi) is 5.15. The van der Waals surface area contributed by atoms with E-state index in [1.807, 2.05) is 27.7 Å². The second-order valence-electron chi connectivity index (χ2n) is 6.64. The van der Waals surface area contributed by atoms with E-state index in [0.29, 0.717) is 13.1 Å². The van der Waals surface area contributed by atoms with Crippen molar-refractivity contribution >= 4 is 17.5 Å². The Labute approximate surface area is 119 Å². The Balaban J connectivity index is 2.57. The lowest BCUT2D eigenvalue weighted by Crippen LogP contribution is -2.53. The van der Waals surface area contributed by atoms with Crippen LogP contribution in [0.3, 0.4) is 0 Å². The lowest BCUT2D eigenvalue weighted by atomic mass is 9.75. The van der Waals surface area contributed by atoms with Crippen LogP contribution in [0.4, 0.5) is 4.79 Å². The van der Waals surface area contributed by atoms with Gasteiger partial charge in [-0.1, -0.05) is 6.92 Å². The summed E-state index contributed by atoms with van der Waals surface area (Å²) in [5.41, 5.74) is -0.00708. The molecule has 112 valence electrons. The molecule has 0 aromatic carbocycles. The van der Waals surface area contributed by atoms with Crippen molar-refractivity contribution in [2.24, 2.45) is 5.41 Å². The summed E-state index contributed by atoms with van der Waals surface area (Å²) < 4.78 is 15.0. The first-order chi connectivity index (χ1) is 8.56. The molecule has 0 saturated carbocycles. The summed E-state index contributed by atoms with van der Waals surface area (Å²) in [6.45, 7) is 11.1. The number of likely N-dealkylation sites (tertiary alicyclic amines) is 1. The molecule has 0 aromatic heterocycles. The quantitative estimate of drug-likeness (QED) is 0.781. The first-order valence-corrected chi connectivity index (χ1v) is 7.87. The highest BCUT2D eigenvalue weighted by molar-refractivity contribution is 7.90. The van der Waals surface area contributed by atoms with Gasteiger partial charge in [-0.25, -0.2) is 4.79 Å². The normalized spacial score (nSPS) is 22.9. The highest BCUT2D eigenvalue weighted by atomic mass is 32.2. The zero-order valence-electron chi connectivity index (χ0n) is 12.5. The van der Waals surface area contributed by atoms with E-state index in [9.17, 15) is 9.35 Å². The minimum atomic E-state index is -1.09. The zero-order chi connectivity index (χ0) is 14.8. The van der Waals surface area contributed by atoms with Crippen molar-refractivity contribution in [3.63, 3.8) is 0 Å². The molecule has 1 saturated heterocycles. The molecule has 0 aromatic rings. The van der Waals surface area contributed by atoms with Gasteiger partial charge >= 0.3 is 6.09 Å². The van der Waals surface area contributed by atoms with Gasteiger partial charge in [0.1, 0.15) is 4.75 Å². The SMILES string of the molecule is CC(N[S@+]([O-])C(C)(C)C)C1(C)CCN(C(=O)O)CC1. The standard InChI is InChI=1S/C13H26N2O3S/c1-10(14-19(18)12(2,3)4)13(5)6-8-15(9-7-13)11(16)17/h10,14H,6-9H2,1-5H3,(H,16,17)/t10?,19-/m1/s1. The van der Waals surface area contributed by atoms with Crippen LogP contribution in [0, 0.1) is 5.41 Å². The van der Waals surface area contributed by atoms with Gasteiger partial charge in [0.05, 0.1) is 6.04 Å². The van der Waals surface area contributed by atoms with Crippen molar-refractivity contribution in [1.82, 2.24) is 9.62 Å². The van der Waals surface area contributed by atoms with Gasteiger partial charge in [-0.05, 0) is 46.0 Å². The monoisotopic (exact) mass is 290 g/mol. The minimum absolute atomic E-state index is 0.00708. The number of rotatable bonds is 3. The summed E-state index contributed by atoms with van der Waals surface area (Å²) in [4.78, 5) is 12.4. The molecule has 0 aliphatic carbocycles. The number of hydrogen-bond acceptors (Lipinski definition) is 3. The van der Waals surface area contributed by atoms with Gasteiger partial charge in [0.25, 0.3) is 0 Å². The molecule has 2 N–H and O–H groups in total. The lowest BCUT2D eigenvalue weighted by molar-refractivity contribution is 0.0837. The average molecular weight is 290 g/mol.